The molecule has 0 saturated carbocycles. The second-order valence-electron chi connectivity index (χ2n) is 4.14. The molecule has 1 atom stereocenters. The van der Waals surface area contributed by atoms with Crippen LogP contribution in [0.2, 0.25) is 0 Å². The fourth-order valence-corrected chi connectivity index (χ4v) is 2.18. The summed E-state index contributed by atoms with van der Waals surface area (Å²) in [6, 6.07) is 8.91. The molecule has 1 aromatic carbocycles. The number of halogens is 1. The summed E-state index contributed by atoms with van der Waals surface area (Å²) in [5.41, 5.74) is 2.42. The predicted octanol–water partition coefficient (Wildman–Crippen LogP) is 2.53. The molecule has 0 aliphatic carbocycles. The van der Waals surface area contributed by atoms with Gasteiger partial charge in [0.05, 0.1) is 18.1 Å². The molecule has 1 unspecified atom stereocenters. The average molecular weight is 341 g/mol. The van der Waals surface area contributed by atoms with Gasteiger partial charge in [0.2, 0.25) is 0 Å². The second-order valence-corrected chi connectivity index (χ2v) is 5.38. The number of nitrogens with one attached hydrogen (secondary N) is 1. The van der Waals surface area contributed by atoms with Crippen molar-refractivity contribution in [3.63, 3.8) is 0 Å². The molecule has 2 rings (SSSR count). The molecule has 4 heteroatoms. The average Bonchev–Trinajstić information content (AvgIpc) is 2.75. The number of hydrogen-bond donors (Lipinski definition) is 1. The Bertz CT molecular complexity index is 476. The zero-order chi connectivity index (χ0) is 12.3. The van der Waals surface area contributed by atoms with Crippen LogP contribution in [0.3, 0.4) is 0 Å². The summed E-state index contributed by atoms with van der Waals surface area (Å²) in [7, 11) is 3.97. The van der Waals surface area contributed by atoms with Crippen molar-refractivity contribution in [1.82, 2.24) is 14.9 Å². The highest BCUT2D eigenvalue weighted by atomic mass is 127. The molecule has 0 radical (unpaired) electrons. The van der Waals surface area contributed by atoms with Crippen LogP contribution < -0.4 is 5.32 Å². The van der Waals surface area contributed by atoms with Gasteiger partial charge in [-0.1, -0.05) is 12.1 Å². The lowest BCUT2D eigenvalue weighted by molar-refractivity contribution is 0.578. The molecular formula is C13H16IN3. The van der Waals surface area contributed by atoms with Crippen molar-refractivity contribution < 1.29 is 0 Å². The molecule has 3 nitrogen and oxygen atoms in total. The molecule has 1 N–H and O–H groups in total. The van der Waals surface area contributed by atoms with E-state index in [0.29, 0.717) is 0 Å². The first-order valence-corrected chi connectivity index (χ1v) is 6.66. The van der Waals surface area contributed by atoms with Crippen molar-refractivity contribution in [3.05, 3.63) is 51.6 Å². The van der Waals surface area contributed by atoms with Crippen molar-refractivity contribution >= 4 is 22.6 Å². The highest BCUT2D eigenvalue weighted by Crippen LogP contribution is 2.17. The second kappa shape index (κ2) is 5.64. The Morgan fingerprint density at radius 1 is 1.35 bits per heavy atom. The van der Waals surface area contributed by atoms with Crippen molar-refractivity contribution in [2.75, 3.05) is 7.05 Å². The maximum absolute atomic E-state index is 4.40. The molecule has 17 heavy (non-hydrogen) atoms. The summed E-state index contributed by atoms with van der Waals surface area (Å²) in [5.74, 6) is 0. The van der Waals surface area contributed by atoms with Gasteiger partial charge < -0.3 is 9.88 Å². The van der Waals surface area contributed by atoms with Gasteiger partial charge in [-0.05, 0) is 53.8 Å². The SMILES string of the molecule is CNC(Cc1ccc(I)cc1)c1cn(C)cn1. The summed E-state index contributed by atoms with van der Waals surface area (Å²) in [6.07, 6.45) is 4.87. The lowest BCUT2D eigenvalue weighted by atomic mass is 10.0. The number of hydrogen-bond acceptors (Lipinski definition) is 2. The third-order valence-corrected chi connectivity index (χ3v) is 3.50. The molecule has 0 bridgehead atoms. The van der Waals surface area contributed by atoms with Gasteiger partial charge in [-0.2, -0.15) is 0 Å². The molecule has 2 aromatic rings. The minimum atomic E-state index is 0.274. The van der Waals surface area contributed by atoms with Gasteiger partial charge in [-0.15, -0.1) is 0 Å². The highest BCUT2D eigenvalue weighted by Gasteiger charge is 2.12. The van der Waals surface area contributed by atoms with Gasteiger partial charge in [0.25, 0.3) is 0 Å². The molecule has 0 spiro atoms. The number of aromatic nitrogens is 2. The van der Waals surface area contributed by atoms with Gasteiger partial charge in [-0.3, -0.25) is 0 Å². The van der Waals surface area contributed by atoms with E-state index in [4.69, 9.17) is 0 Å². The largest absolute Gasteiger partial charge is 0.340 e. The molecule has 0 saturated heterocycles. The standard InChI is InChI=1S/C13H16IN3/c1-15-12(13-8-17(2)9-16-13)7-10-3-5-11(14)6-4-10/h3-6,8-9,12,15H,7H2,1-2H3. The lowest BCUT2D eigenvalue weighted by Gasteiger charge is -2.13. The third kappa shape index (κ3) is 3.29. The first kappa shape index (κ1) is 12.6. The van der Waals surface area contributed by atoms with Crippen LogP contribution >= 0.6 is 22.6 Å². The summed E-state index contributed by atoms with van der Waals surface area (Å²) in [4.78, 5) is 4.40. The van der Waals surface area contributed by atoms with E-state index in [2.05, 4.69) is 63.4 Å². The van der Waals surface area contributed by atoms with Crippen LogP contribution in [0.15, 0.2) is 36.8 Å². The van der Waals surface area contributed by atoms with Crippen molar-refractivity contribution in [2.45, 2.75) is 12.5 Å². The monoisotopic (exact) mass is 341 g/mol. The van der Waals surface area contributed by atoms with Crippen molar-refractivity contribution in [3.8, 4) is 0 Å². The molecule has 1 aromatic heterocycles. The van der Waals surface area contributed by atoms with Gasteiger partial charge in [-0.25, -0.2) is 4.98 Å². The normalized spacial score (nSPS) is 12.6. The molecule has 0 fully saturated rings. The summed E-state index contributed by atoms with van der Waals surface area (Å²) >= 11 is 2.32. The maximum Gasteiger partial charge on any atom is 0.0947 e. The zero-order valence-electron chi connectivity index (χ0n) is 10.0. The number of benzene rings is 1. The third-order valence-electron chi connectivity index (χ3n) is 2.78. The topological polar surface area (TPSA) is 29.9 Å². The fourth-order valence-electron chi connectivity index (χ4n) is 1.82. The van der Waals surface area contributed by atoms with Gasteiger partial charge in [0, 0.05) is 16.8 Å². The number of imidazole rings is 1. The van der Waals surface area contributed by atoms with Gasteiger partial charge in [0.15, 0.2) is 0 Å². The van der Waals surface area contributed by atoms with Crippen LogP contribution in [-0.2, 0) is 13.5 Å². The molecular weight excluding hydrogens is 325 g/mol. The van der Waals surface area contributed by atoms with E-state index in [1.807, 2.05) is 25.0 Å². The first-order chi connectivity index (χ1) is 8.19. The summed E-state index contributed by atoms with van der Waals surface area (Å²) in [6.45, 7) is 0. The molecule has 0 amide bonds. The minimum absolute atomic E-state index is 0.274. The van der Waals surface area contributed by atoms with E-state index in [0.717, 1.165) is 12.1 Å². The number of rotatable bonds is 4. The Morgan fingerprint density at radius 2 is 2.06 bits per heavy atom. The Kier molecular flexibility index (Phi) is 4.17. The predicted molar refractivity (Wildman–Crippen MR) is 77.9 cm³/mol. The molecule has 90 valence electrons. The number of aryl methyl sites for hydroxylation is 1. The van der Waals surface area contributed by atoms with Crippen LogP contribution in [0.4, 0.5) is 0 Å². The van der Waals surface area contributed by atoms with E-state index in [9.17, 15) is 0 Å². The Morgan fingerprint density at radius 3 is 2.59 bits per heavy atom. The highest BCUT2D eigenvalue weighted by molar-refractivity contribution is 14.1. The van der Waals surface area contributed by atoms with E-state index < -0.39 is 0 Å². The van der Waals surface area contributed by atoms with E-state index in [1.165, 1.54) is 9.13 Å². The van der Waals surface area contributed by atoms with Gasteiger partial charge >= 0.3 is 0 Å². The maximum atomic E-state index is 4.40. The Hall–Kier alpha value is -0.880. The number of nitrogens with zero attached hydrogens (tertiary/aromatic N) is 2. The van der Waals surface area contributed by atoms with Crippen LogP contribution in [0.5, 0.6) is 0 Å². The van der Waals surface area contributed by atoms with Crippen LogP contribution in [0, 0.1) is 3.57 Å². The lowest BCUT2D eigenvalue weighted by Crippen LogP contribution is -2.19. The smallest absolute Gasteiger partial charge is 0.0947 e. The molecule has 0 aliphatic rings. The number of likely N-dealkylation sites (N-methyl/N-ethyl adjacent to an activating group) is 1. The van der Waals surface area contributed by atoms with E-state index in [1.54, 1.807) is 0 Å². The van der Waals surface area contributed by atoms with Crippen LogP contribution in [0.1, 0.15) is 17.3 Å². The minimum Gasteiger partial charge on any atom is -0.340 e. The van der Waals surface area contributed by atoms with Crippen LogP contribution in [-0.4, -0.2) is 16.6 Å². The molecule has 1 heterocycles. The Balaban J connectivity index is 2.12. The summed E-state index contributed by atoms with van der Waals surface area (Å²) in [5, 5.41) is 3.32. The van der Waals surface area contributed by atoms with Crippen molar-refractivity contribution in [1.29, 1.82) is 0 Å². The fraction of sp³-hybridized carbons (Fsp3) is 0.308. The van der Waals surface area contributed by atoms with Crippen LogP contribution in [0.25, 0.3) is 0 Å². The van der Waals surface area contributed by atoms with E-state index in [-0.39, 0.29) is 6.04 Å². The van der Waals surface area contributed by atoms with E-state index >= 15 is 0 Å². The Labute approximate surface area is 115 Å². The quantitative estimate of drug-likeness (QED) is 0.867. The first-order valence-electron chi connectivity index (χ1n) is 5.58. The summed E-state index contributed by atoms with van der Waals surface area (Å²) < 4.78 is 3.25. The van der Waals surface area contributed by atoms with Crippen molar-refractivity contribution in [2.24, 2.45) is 7.05 Å². The molecule has 0 aliphatic heterocycles. The zero-order valence-corrected chi connectivity index (χ0v) is 12.2. The van der Waals surface area contributed by atoms with Gasteiger partial charge in [0.1, 0.15) is 0 Å².